The number of rotatable bonds is 1. The van der Waals surface area contributed by atoms with Crippen molar-refractivity contribution in [2.24, 2.45) is 0 Å². The number of nitrogens with zero attached hydrogens (tertiary/aromatic N) is 2. The summed E-state index contributed by atoms with van der Waals surface area (Å²) < 4.78 is 5.92. The van der Waals surface area contributed by atoms with Crippen LogP contribution in [0.25, 0.3) is 0 Å². The van der Waals surface area contributed by atoms with Crippen LogP contribution < -0.4 is 5.32 Å². The summed E-state index contributed by atoms with van der Waals surface area (Å²) in [6, 6.07) is 3.48. The number of hydrogen-bond acceptors (Lipinski definition) is 3. The number of halogens is 1. The Kier molecular flexibility index (Phi) is 3.74. The van der Waals surface area contributed by atoms with Gasteiger partial charge in [0.05, 0.1) is 25.1 Å². The van der Waals surface area contributed by atoms with Crippen molar-refractivity contribution in [2.75, 3.05) is 31.6 Å². The highest BCUT2D eigenvalue weighted by molar-refractivity contribution is 9.10. The number of ether oxygens (including phenoxy) is 1. The van der Waals surface area contributed by atoms with Gasteiger partial charge in [0.1, 0.15) is 4.60 Å². The highest BCUT2D eigenvalue weighted by Gasteiger charge is 2.16. The Balaban J connectivity index is 1.93. The first-order chi connectivity index (χ1) is 7.75. The van der Waals surface area contributed by atoms with E-state index in [-0.39, 0.29) is 6.03 Å². The first-order valence-corrected chi connectivity index (χ1v) is 5.80. The van der Waals surface area contributed by atoms with Crippen molar-refractivity contribution in [3.63, 3.8) is 0 Å². The van der Waals surface area contributed by atoms with Crippen molar-refractivity contribution in [3.8, 4) is 0 Å². The smallest absolute Gasteiger partial charge is 0.322 e. The standard InChI is InChI=1S/C10H12BrN3O2/c11-9-2-1-8(7-12-9)13-10(15)14-3-5-16-6-4-14/h1-2,7H,3-6H2,(H,13,15). The minimum absolute atomic E-state index is 0.104. The van der Waals surface area contributed by atoms with Gasteiger partial charge in [0.25, 0.3) is 0 Å². The second-order valence-electron chi connectivity index (χ2n) is 3.40. The van der Waals surface area contributed by atoms with Crippen LogP contribution in [0.1, 0.15) is 0 Å². The van der Waals surface area contributed by atoms with Gasteiger partial charge in [-0.15, -0.1) is 0 Å². The number of morpholine rings is 1. The van der Waals surface area contributed by atoms with Crippen molar-refractivity contribution >= 4 is 27.6 Å². The van der Waals surface area contributed by atoms with E-state index >= 15 is 0 Å². The van der Waals surface area contributed by atoms with Gasteiger partial charge in [-0.05, 0) is 28.1 Å². The largest absolute Gasteiger partial charge is 0.378 e. The summed E-state index contributed by atoms with van der Waals surface area (Å²) in [5.41, 5.74) is 0.694. The Bertz CT molecular complexity index is 363. The summed E-state index contributed by atoms with van der Waals surface area (Å²) in [5, 5.41) is 2.79. The normalized spacial score (nSPS) is 15.9. The lowest BCUT2D eigenvalue weighted by Crippen LogP contribution is -2.43. The second kappa shape index (κ2) is 5.27. The molecule has 2 heterocycles. The van der Waals surface area contributed by atoms with Gasteiger partial charge in [0, 0.05) is 13.1 Å². The molecule has 1 aliphatic rings. The Morgan fingerprint density at radius 2 is 2.19 bits per heavy atom. The third-order valence-corrected chi connectivity index (χ3v) is 2.75. The van der Waals surface area contributed by atoms with Crippen LogP contribution in [0.15, 0.2) is 22.9 Å². The minimum Gasteiger partial charge on any atom is -0.378 e. The number of nitrogens with one attached hydrogen (secondary N) is 1. The first-order valence-electron chi connectivity index (χ1n) is 5.01. The van der Waals surface area contributed by atoms with Crippen molar-refractivity contribution in [1.29, 1.82) is 0 Å². The number of amides is 2. The SMILES string of the molecule is O=C(Nc1ccc(Br)nc1)N1CCOCC1. The molecule has 0 unspecified atom stereocenters. The second-order valence-corrected chi connectivity index (χ2v) is 4.21. The Labute approximate surface area is 102 Å². The quantitative estimate of drug-likeness (QED) is 0.800. The zero-order chi connectivity index (χ0) is 11.4. The van der Waals surface area contributed by atoms with E-state index in [9.17, 15) is 4.79 Å². The highest BCUT2D eigenvalue weighted by Crippen LogP contribution is 2.11. The third-order valence-electron chi connectivity index (χ3n) is 2.28. The van der Waals surface area contributed by atoms with Crippen LogP contribution in [0.5, 0.6) is 0 Å². The Morgan fingerprint density at radius 3 is 2.81 bits per heavy atom. The van der Waals surface area contributed by atoms with Gasteiger partial charge in [-0.1, -0.05) is 0 Å². The lowest BCUT2D eigenvalue weighted by Gasteiger charge is -2.26. The fraction of sp³-hybridized carbons (Fsp3) is 0.400. The lowest BCUT2D eigenvalue weighted by atomic mass is 10.4. The average Bonchev–Trinajstić information content (AvgIpc) is 2.33. The summed E-state index contributed by atoms with van der Waals surface area (Å²) in [6.45, 7) is 2.48. The number of urea groups is 1. The van der Waals surface area contributed by atoms with Gasteiger partial charge >= 0.3 is 6.03 Å². The molecule has 0 aromatic carbocycles. The summed E-state index contributed by atoms with van der Waals surface area (Å²) in [6.07, 6.45) is 1.61. The third kappa shape index (κ3) is 2.93. The molecular formula is C10H12BrN3O2. The Hall–Kier alpha value is -1.14. The summed E-state index contributed by atoms with van der Waals surface area (Å²) in [5.74, 6) is 0. The molecule has 1 aromatic heterocycles. The van der Waals surface area contributed by atoms with Crippen LogP contribution in [0.2, 0.25) is 0 Å². The molecular weight excluding hydrogens is 274 g/mol. The van der Waals surface area contributed by atoms with Crippen LogP contribution in [-0.4, -0.2) is 42.2 Å². The molecule has 86 valence electrons. The van der Waals surface area contributed by atoms with Gasteiger partial charge < -0.3 is 15.0 Å². The van der Waals surface area contributed by atoms with E-state index in [4.69, 9.17) is 4.74 Å². The number of aromatic nitrogens is 1. The molecule has 1 N–H and O–H groups in total. The molecule has 16 heavy (non-hydrogen) atoms. The van der Waals surface area contributed by atoms with E-state index < -0.39 is 0 Å². The van der Waals surface area contributed by atoms with Crippen LogP contribution in [0.3, 0.4) is 0 Å². The van der Waals surface area contributed by atoms with E-state index in [1.807, 2.05) is 0 Å². The molecule has 0 bridgehead atoms. The molecule has 1 aromatic rings. The first kappa shape index (κ1) is 11.3. The monoisotopic (exact) mass is 285 g/mol. The van der Waals surface area contributed by atoms with E-state index in [0.29, 0.717) is 32.0 Å². The maximum Gasteiger partial charge on any atom is 0.322 e. The molecule has 0 spiro atoms. The van der Waals surface area contributed by atoms with Crippen molar-refractivity contribution in [2.45, 2.75) is 0 Å². The molecule has 2 rings (SSSR count). The fourth-order valence-electron chi connectivity index (χ4n) is 1.42. The van der Waals surface area contributed by atoms with Crippen molar-refractivity contribution < 1.29 is 9.53 Å². The van der Waals surface area contributed by atoms with Crippen molar-refractivity contribution in [1.82, 2.24) is 9.88 Å². The van der Waals surface area contributed by atoms with Crippen LogP contribution in [-0.2, 0) is 4.74 Å². The van der Waals surface area contributed by atoms with Gasteiger partial charge in [0.2, 0.25) is 0 Å². The van der Waals surface area contributed by atoms with E-state index in [0.717, 1.165) is 4.60 Å². The maximum atomic E-state index is 11.8. The molecule has 2 amide bonds. The number of carbonyl (C=O) groups is 1. The summed E-state index contributed by atoms with van der Waals surface area (Å²) in [7, 11) is 0. The predicted molar refractivity (Wildman–Crippen MR) is 63.3 cm³/mol. The molecule has 0 radical (unpaired) electrons. The summed E-state index contributed by atoms with van der Waals surface area (Å²) in [4.78, 5) is 17.5. The van der Waals surface area contributed by atoms with E-state index in [1.54, 1.807) is 23.2 Å². The topological polar surface area (TPSA) is 54.5 Å². The molecule has 1 aliphatic heterocycles. The maximum absolute atomic E-state index is 11.8. The molecule has 6 heteroatoms. The van der Waals surface area contributed by atoms with Crippen LogP contribution >= 0.6 is 15.9 Å². The van der Waals surface area contributed by atoms with Gasteiger partial charge in [-0.2, -0.15) is 0 Å². The number of hydrogen-bond donors (Lipinski definition) is 1. The number of carbonyl (C=O) groups excluding carboxylic acids is 1. The molecule has 1 fully saturated rings. The highest BCUT2D eigenvalue weighted by atomic mass is 79.9. The fourth-order valence-corrected chi connectivity index (χ4v) is 1.65. The van der Waals surface area contributed by atoms with E-state index in [2.05, 4.69) is 26.2 Å². The summed E-state index contributed by atoms with van der Waals surface area (Å²) >= 11 is 3.24. The van der Waals surface area contributed by atoms with Gasteiger partial charge in [0.15, 0.2) is 0 Å². The Morgan fingerprint density at radius 1 is 1.44 bits per heavy atom. The van der Waals surface area contributed by atoms with Gasteiger partial charge in [-0.25, -0.2) is 9.78 Å². The average molecular weight is 286 g/mol. The molecule has 5 nitrogen and oxygen atoms in total. The van der Waals surface area contributed by atoms with E-state index in [1.165, 1.54) is 0 Å². The zero-order valence-corrected chi connectivity index (χ0v) is 10.2. The molecule has 0 aliphatic carbocycles. The zero-order valence-electron chi connectivity index (χ0n) is 8.65. The molecule has 1 saturated heterocycles. The lowest BCUT2D eigenvalue weighted by molar-refractivity contribution is 0.0564. The molecule has 0 saturated carbocycles. The number of pyridine rings is 1. The van der Waals surface area contributed by atoms with Gasteiger partial charge in [-0.3, -0.25) is 0 Å². The van der Waals surface area contributed by atoms with Crippen molar-refractivity contribution in [3.05, 3.63) is 22.9 Å². The number of anilines is 1. The van der Waals surface area contributed by atoms with Crippen LogP contribution in [0.4, 0.5) is 10.5 Å². The molecule has 0 atom stereocenters. The predicted octanol–water partition coefficient (Wildman–Crippen LogP) is 1.71. The van der Waals surface area contributed by atoms with Crippen LogP contribution in [0, 0.1) is 0 Å². The minimum atomic E-state index is -0.104.